The lowest BCUT2D eigenvalue weighted by atomic mass is 10.3. The highest BCUT2D eigenvalue weighted by Gasteiger charge is 2.15. The van der Waals surface area contributed by atoms with Gasteiger partial charge in [-0.25, -0.2) is 14.6 Å². The van der Waals surface area contributed by atoms with Crippen molar-refractivity contribution >= 4 is 34.1 Å². The molecule has 1 aromatic rings. The van der Waals surface area contributed by atoms with Crippen molar-refractivity contribution in [3.63, 3.8) is 0 Å². The van der Waals surface area contributed by atoms with Crippen LogP contribution in [0.25, 0.3) is 0 Å². The lowest BCUT2D eigenvalue weighted by Crippen LogP contribution is -2.38. The van der Waals surface area contributed by atoms with Gasteiger partial charge in [0.05, 0.1) is 6.04 Å². The smallest absolute Gasteiger partial charge is 0.355 e. The molecule has 0 spiro atoms. The summed E-state index contributed by atoms with van der Waals surface area (Å²) >= 11 is 1.18. The van der Waals surface area contributed by atoms with E-state index in [0.717, 1.165) is 0 Å². The molecule has 1 aromatic heterocycles. The van der Waals surface area contributed by atoms with E-state index < -0.39 is 22.8 Å². The number of urea groups is 1. The number of rotatable bonds is 7. The van der Waals surface area contributed by atoms with E-state index in [1.54, 1.807) is 6.92 Å². The highest BCUT2D eigenvalue weighted by atomic mass is 32.2. The fourth-order valence-corrected chi connectivity index (χ4v) is 2.74. The number of carboxylic acids is 1. The van der Waals surface area contributed by atoms with Gasteiger partial charge in [0.2, 0.25) is 0 Å². The van der Waals surface area contributed by atoms with Crippen LogP contribution in [0, 0.1) is 0 Å². The zero-order chi connectivity index (χ0) is 15.1. The minimum absolute atomic E-state index is 0.0302. The summed E-state index contributed by atoms with van der Waals surface area (Å²) in [7, 11) is -0.912. The van der Waals surface area contributed by atoms with Gasteiger partial charge in [-0.2, -0.15) is 0 Å². The number of carbonyl (C=O) groups excluding carboxylic acids is 1. The largest absolute Gasteiger partial charge is 0.476 e. The maximum Gasteiger partial charge on any atom is 0.355 e. The SMILES string of the molecule is CCS(=O)CCNC(=O)NC(C)c1nc(C(=O)O)cs1. The Kier molecular flexibility index (Phi) is 6.59. The van der Waals surface area contributed by atoms with Crippen molar-refractivity contribution in [1.29, 1.82) is 0 Å². The summed E-state index contributed by atoms with van der Waals surface area (Å²) in [6, 6.07) is -0.776. The Balaban J connectivity index is 2.40. The first kappa shape index (κ1) is 16.6. The number of aromatic nitrogens is 1. The molecule has 1 heterocycles. The Labute approximate surface area is 123 Å². The molecule has 0 aliphatic rings. The number of thiazole rings is 1. The summed E-state index contributed by atoms with van der Waals surface area (Å²) in [4.78, 5) is 26.2. The fraction of sp³-hybridized carbons (Fsp3) is 0.545. The normalized spacial score (nSPS) is 13.5. The van der Waals surface area contributed by atoms with Gasteiger partial charge in [0, 0.05) is 34.2 Å². The van der Waals surface area contributed by atoms with Crippen LogP contribution >= 0.6 is 11.3 Å². The van der Waals surface area contributed by atoms with Gasteiger partial charge in [-0.1, -0.05) is 6.92 Å². The van der Waals surface area contributed by atoms with Crippen molar-refractivity contribution < 1.29 is 18.9 Å². The summed E-state index contributed by atoms with van der Waals surface area (Å²) in [5.74, 6) is -0.110. The van der Waals surface area contributed by atoms with Gasteiger partial charge < -0.3 is 15.7 Å². The Hall–Kier alpha value is -1.48. The number of carbonyl (C=O) groups is 2. The molecule has 0 aliphatic carbocycles. The Morgan fingerprint density at radius 1 is 1.55 bits per heavy atom. The van der Waals surface area contributed by atoms with Gasteiger partial charge in [-0.15, -0.1) is 11.3 Å². The molecule has 0 saturated carbocycles. The van der Waals surface area contributed by atoms with Crippen LogP contribution < -0.4 is 10.6 Å². The van der Waals surface area contributed by atoms with Gasteiger partial charge in [0.25, 0.3) is 0 Å². The standard InChI is InChI=1S/C11H17N3O4S2/c1-3-20(18)5-4-12-11(17)13-7(2)9-14-8(6-19-9)10(15)16/h6-7H,3-5H2,1-2H3,(H,15,16)(H2,12,13,17). The van der Waals surface area contributed by atoms with E-state index in [2.05, 4.69) is 15.6 Å². The van der Waals surface area contributed by atoms with E-state index in [1.807, 2.05) is 6.92 Å². The number of amides is 2. The first-order valence-electron chi connectivity index (χ1n) is 6.02. The highest BCUT2D eigenvalue weighted by molar-refractivity contribution is 7.84. The molecule has 2 amide bonds. The van der Waals surface area contributed by atoms with Gasteiger partial charge >= 0.3 is 12.0 Å². The molecule has 1 rings (SSSR count). The van der Waals surface area contributed by atoms with Crippen molar-refractivity contribution in [3.05, 3.63) is 16.1 Å². The van der Waals surface area contributed by atoms with Crippen LogP contribution in [-0.4, -0.2) is 44.4 Å². The van der Waals surface area contributed by atoms with E-state index in [0.29, 0.717) is 23.1 Å². The number of hydrogen-bond donors (Lipinski definition) is 3. The van der Waals surface area contributed by atoms with E-state index in [4.69, 9.17) is 5.11 Å². The minimum Gasteiger partial charge on any atom is -0.476 e. The second-order valence-corrected chi connectivity index (χ2v) is 6.69. The van der Waals surface area contributed by atoms with Gasteiger partial charge in [-0.05, 0) is 6.92 Å². The molecule has 2 atom stereocenters. The van der Waals surface area contributed by atoms with Crippen molar-refractivity contribution in [2.75, 3.05) is 18.1 Å². The molecule has 9 heteroatoms. The number of nitrogens with zero attached hydrogens (tertiary/aromatic N) is 1. The summed E-state index contributed by atoms with van der Waals surface area (Å²) < 4.78 is 11.2. The lowest BCUT2D eigenvalue weighted by molar-refractivity contribution is 0.0691. The zero-order valence-electron chi connectivity index (χ0n) is 11.2. The number of aromatic carboxylic acids is 1. The third kappa shape index (κ3) is 5.25. The van der Waals surface area contributed by atoms with Crippen LogP contribution in [0.15, 0.2) is 5.38 Å². The molecule has 3 N–H and O–H groups in total. The Morgan fingerprint density at radius 3 is 2.80 bits per heavy atom. The van der Waals surface area contributed by atoms with E-state index in [-0.39, 0.29) is 11.7 Å². The van der Waals surface area contributed by atoms with Crippen molar-refractivity contribution in [1.82, 2.24) is 15.6 Å². The maximum absolute atomic E-state index is 11.6. The summed E-state index contributed by atoms with van der Waals surface area (Å²) in [6.07, 6.45) is 0. The van der Waals surface area contributed by atoms with E-state index in [9.17, 15) is 13.8 Å². The first-order chi connectivity index (χ1) is 9.43. The third-order valence-electron chi connectivity index (χ3n) is 2.40. The number of nitrogens with one attached hydrogen (secondary N) is 2. The minimum atomic E-state index is -1.09. The van der Waals surface area contributed by atoms with E-state index >= 15 is 0 Å². The number of hydrogen-bond acceptors (Lipinski definition) is 5. The van der Waals surface area contributed by atoms with Crippen molar-refractivity contribution in [3.8, 4) is 0 Å². The second kappa shape index (κ2) is 7.95. The molecule has 0 radical (unpaired) electrons. The van der Waals surface area contributed by atoms with Gasteiger partial charge in [0.15, 0.2) is 5.69 Å². The topological polar surface area (TPSA) is 108 Å². The van der Waals surface area contributed by atoms with Crippen LogP contribution in [0.1, 0.15) is 35.4 Å². The zero-order valence-corrected chi connectivity index (χ0v) is 12.8. The summed E-state index contributed by atoms with van der Waals surface area (Å²) in [5, 5.41) is 16.0. The van der Waals surface area contributed by atoms with Gasteiger partial charge in [-0.3, -0.25) is 4.21 Å². The summed E-state index contributed by atoms with van der Waals surface area (Å²) in [5.41, 5.74) is -0.0302. The van der Waals surface area contributed by atoms with Gasteiger partial charge in [0.1, 0.15) is 5.01 Å². The quantitative estimate of drug-likeness (QED) is 0.694. The maximum atomic E-state index is 11.6. The van der Waals surface area contributed by atoms with E-state index in [1.165, 1.54) is 16.7 Å². The molecule has 2 unspecified atom stereocenters. The Bertz CT molecular complexity index is 504. The molecule has 0 fully saturated rings. The second-order valence-electron chi connectivity index (χ2n) is 3.93. The molecular formula is C11H17N3O4S2. The van der Waals surface area contributed by atoms with Crippen LogP contribution in [0.4, 0.5) is 4.79 Å². The highest BCUT2D eigenvalue weighted by Crippen LogP contribution is 2.17. The van der Waals surface area contributed by atoms with Crippen LogP contribution in [-0.2, 0) is 10.8 Å². The molecule has 7 nitrogen and oxygen atoms in total. The third-order valence-corrected chi connectivity index (χ3v) is 4.73. The predicted molar refractivity (Wildman–Crippen MR) is 77.6 cm³/mol. The Morgan fingerprint density at radius 2 is 2.25 bits per heavy atom. The predicted octanol–water partition coefficient (Wildman–Crippen LogP) is 0.970. The van der Waals surface area contributed by atoms with Crippen molar-refractivity contribution in [2.45, 2.75) is 19.9 Å². The fourth-order valence-electron chi connectivity index (χ4n) is 1.32. The monoisotopic (exact) mass is 319 g/mol. The molecule has 0 saturated heterocycles. The summed E-state index contributed by atoms with van der Waals surface area (Å²) in [6.45, 7) is 3.87. The molecule has 0 aliphatic heterocycles. The van der Waals surface area contributed by atoms with Crippen LogP contribution in [0.3, 0.4) is 0 Å². The first-order valence-corrected chi connectivity index (χ1v) is 8.38. The van der Waals surface area contributed by atoms with Crippen LogP contribution in [0.2, 0.25) is 0 Å². The van der Waals surface area contributed by atoms with Crippen LogP contribution in [0.5, 0.6) is 0 Å². The molecule has 0 bridgehead atoms. The number of carboxylic acid groups (broad SMARTS) is 1. The average Bonchev–Trinajstić information content (AvgIpc) is 2.88. The molecule has 0 aromatic carbocycles. The lowest BCUT2D eigenvalue weighted by Gasteiger charge is -2.12. The molecule has 20 heavy (non-hydrogen) atoms. The molecule has 112 valence electrons. The average molecular weight is 319 g/mol. The van der Waals surface area contributed by atoms with Crippen molar-refractivity contribution in [2.24, 2.45) is 0 Å². The molecular weight excluding hydrogens is 302 g/mol.